The number of sulfonamides is 1. The standard InChI is InChI=1S/C24H25Cl2FN4O3S/c1-13-20-10-21(24(32)29-35(33,34)19-3-4-19)22(27)11-23(20)31(28-13)18-5-6-30(12-18)14(2)15-7-16(25)9-17(26)8-15/h7-11,14,18-19H,3-6,12H2,1-2H3,(H,29,32)/t14-,18+/m0/s1. The molecule has 35 heavy (non-hydrogen) atoms. The summed E-state index contributed by atoms with van der Waals surface area (Å²) in [6, 6.07) is 8.28. The quantitative estimate of drug-likeness (QED) is 0.476. The molecular weight excluding hydrogens is 514 g/mol. The molecule has 2 atom stereocenters. The van der Waals surface area contributed by atoms with Crippen LogP contribution in [0.25, 0.3) is 10.9 Å². The van der Waals surface area contributed by atoms with E-state index in [0.29, 0.717) is 46.0 Å². The summed E-state index contributed by atoms with van der Waals surface area (Å²) in [6.45, 7) is 5.41. The van der Waals surface area contributed by atoms with E-state index in [4.69, 9.17) is 23.2 Å². The highest BCUT2D eigenvalue weighted by Gasteiger charge is 2.37. The zero-order valence-electron chi connectivity index (χ0n) is 19.3. The van der Waals surface area contributed by atoms with Crippen molar-refractivity contribution in [3.8, 4) is 0 Å². The third-order valence-corrected chi connectivity index (χ3v) is 9.13. The second kappa shape index (κ2) is 9.03. The van der Waals surface area contributed by atoms with Gasteiger partial charge in [-0.25, -0.2) is 17.5 Å². The molecule has 3 aromatic rings. The maximum absolute atomic E-state index is 15.0. The van der Waals surface area contributed by atoms with Gasteiger partial charge in [-0.15, -0.1) is 0 Å². The van der Waals surface area contributed by atoms with Gasteiger partial charge in [0, 0.05) is 40.6 Å². The number of halogens is 3. The highest BCUT2D eigenvalue weighted by Crippen LogP contribution is 2.35. The Hall–Kier alpha value is -2.20. The number of carbonyl (C=O) groups excluding carboxylic acids is 1. The van der Waals surface area contributed by atoms with Crippen LogP contribution in [-0.2, 0) is 10.0 Å². The van der Waals surface area contributed by atoms with E-state index in [9.17, 15) is 13.2 Å². The molecule has 0 unspecified atom stereocenters. The van der Waals surface area contributed by atoms with Gasteiger partial charge in [0.2, 0.25) is 10.0 Å². The van der Waals surface area contributed by atoms with Crippen LogP contribution in [0.4, 0.5) is 4.39 Å². The lowest BCUT2D eigenvalue weighted by Crippen LogP contribution is -2.33. The number of likely N-dealkylation sites (tertiary alicyclic amines) is 1. The Bertz CT molecular complexity index is 1420. The van der Waals surface area contributed by atoms with Crippen molar-refractivity contribution in [1.29, 1.82) is 0 Å². The van der Waals surface area contributed by atoms with E-state index < -0.39 is 27.0 Å². The van der Waals surface area contributed by atoms with Crippen molar-refractivity contribution in [1.82, 2.24) is 19.4 Å². The summed E-state index contributed by atoms with van der Waals surface area (Å²) in [5.41, 5.74) is 1.94. The summed E-state index contributed by atoms with van der Waals surface area (Å²) in [4.78, 5) is 14.9. The summed E-state index contributed by atoms with van der Waals surface area (Å²) in [7, 11) is -3.77. The van der Waals surface area contributed by atoms with Crippen molar-refractivity contribution in [2.45, 2.75) is 50.4 Å². The van der Waals surface area contributed by atoms with E-state index in [1.807, 2.05) is 21.5 Å². The smallest absolute Gasteiger partial charge is 0.267 e. The number of hydrogen-bond donors (Lipinski definition) is 1. The molecule has 1 saturated heterocycles. The first-order valence-electron chi connectivity index (χ1n) is 11.5. The molecule has 1 aliphatic carbocycles. The summed E-state index contributed by atoms with van der Waals surface area (Å²) in [5.74, 6) is -1.73. The molecular formula is C24H25Cl2FN4O3S. The molecule has 1 saturated carbocycles. The number of nitrogens with zero attached hydrogens (tertiary/aromatic N) is 3. The average Bonchev–Trinajstić information content (AvgIpc) is 3.46. The highest BCUT2D eigenvalue weighted by molar-refractivity contribution is 7.91. The molecule has 2 aliphatic rings. The van der Waals surface area contributed by atoms with Gasteiger partial charge in [-0.3, -0.25) is 14.4 Å². The molecule has 0 radical (unpaired) electrons. The van der Waals surface area contributed by atoms with E-state index in [1.165, 1.54) is 12.1 Å². The Morgan fingerprint density at radius 2 is 1.83 bits per heavy atom. The zero-order chi connectivity index (χ0) is 25.1. The first-order valence-corrected chi connectivity index (χ1v) is 13.8. The van der Waals surface area contributed by atoms with Gasteiger partial charge in [0.05, 0.1) is 28.1 Å². The van der Waals surface area contributed by atoms with Crippen LogP contribution < -0.4 is 4.72 Å². The van der Waals surface area contributed by atoms with Crippen molar-refractivity contribution < 1.29 is 17.6 Å². The lowest BCUT2D eigenvalue weighted by Gasteiger charge is -2.25. The van der Waals surface area contributed by atoms with E-state index >= 15 is 4.39 Å². The zero-order valence-corrected chi connectivity index (χ0v) is 21.6. The minimum absolute atomic E-state index is 0.0117. The topological polar surface area (TPSA) is 84.3 Å². The van der Waals surface area contributed by atoms with E-state index in [-0.39, 0.29) is 17.6 Å². The van der Waals surface area contributed by atoms with Crippen molar-refractivity contribution in [3.05, 3.63) is 63.0 Å². The Labute approximate surface area is 213 Å². The predicted molar refractivity (Wildman–Crippen MR) is 134 cm³/mol. The number of rotatable bonds is 6. The van der Waals surface area contributed by atoms with Gasteiger partial charge in [-0.05, 0) is 62.9 Å². The third kappa shape index (κ3) is 4.79. The molecule has 1 amide bonds. The largest absolute Gasteiger partial charge is 0.294 e. The Balaban J connectivity index is 1.39. The molecule has 2 fully saturated rings. The van der Waals surface area contributed by atoms with Crippen molar-refractivity contribution in [3.63, 3.8) is 0 Å². The molecule has 2 heterocycles. The van der Waals surface area contributed by atoms with E-state index in [2.05, 4.69) is 16.9 Å². The van der Waals surface area contributed by atoms with Gasteiger partial charge < -0.3 is 0 Å². The maximum atomic E-state index is 15.0. The second-order valence-corrected chi connectivity index (χ2v) is 12.2. The van der Waals surface area contributed by atoms with Crippen LogP contribution in [0.15, 0.2) is 30.3 Å². The minimum atomic E-state index is -3.77. The molecule has 1 aromatic heterocycles. The fourth-order valence-corrected chi connectivity index (χ4v) is 6.59. The minimum Gasteiger partial charge on any atom is -0.294 e. The Kier molecular flexibility index (Phi) is 6.32. The van der Waals surface area contributed by atoms with Gasteiger partial charge in [-0.2, -0.15) is 5.10 Å². The molecule has 1 N–H and O–H groups in total. The predicted octanol–water partition coefficient (Wildman–Crippen LogP) is 5.02. The molecule has 0 bridgehead atoms. The SMILES string of the molecule is Cc1nn([C@@H]2CCN([C@@H](C)c3cc(Cl)cc(Cl)c3)C2)c2cc(F)c(C(=O)NS(=O)(=O)C3CC3)cc12. The summed E-state index contributed by atoms with van der Waals surface area (Å²) in [5, 5.41) is 5.87. The molecule has 186 valence electrons. The molecule has 2 aromatic carbocycles. The normalized spacial score (nSPS) is 19.9. The second-order valence-electron chi connectivity index (χ2n) is 9.37. The van der Waals surface area contributed by atoms with Crippen molar-refractivity contribution in [2.75, 3.05) is 13.1 Å². The number of aromatic nitrogens is 2. The average molecular weight is 539 g/mol. The number of fused-ring (bicyclic) bond motifs is 1. The van der Waals surface area contributed by atoms with Gasteiger partial charge in [0.25, 0.3) is 5.91 Å². The summed E-state index contributed by atoms with van der Waals surface area (Å²) in [6.07, 6.45) is 1.84. The van der Waals surface area contributed by atoms with E-state index in [1.54, 1.807) is 13.0 Å². The van der Waals surface area contributed by atoms with Crippen LogP contribution in [0.1, 0.15) is 59.9 Å². The Morgan fingerprint density at radius 3 is 2.49 bits per heavy atom. The number of hydrogen-bond acceptors (Lipinski definition) is 5. The van der Waals surface area contributed by atoms with Crippen molar-refractivity contribution in [2.24, 2.45) is 0 Å². The van der Waals surface area contributed by atoms with Gasteiger partial charge >= 0.3 is 0 Å². The van der Waals surface area contributed by atoms with Gasteiger partial charge in [0.15, 0.2) is 0 Å². The molecule has 11 heteroatoms. The van der Waals surface area contributed by atoms with Crippen LogP contribution in [0.5, 0.6) is 0 Å². The third-order valence-electron chi connectivity index (χ3n) is 6.88. The van der Waals surface area contributed by atoms with Gasteiger partial charge in [-0.1, -0.05) is 23.2 Å². The molecule has 7 nitrogen and oxygen atoms in total. The molecule has 1 aliphatic heterocycles. The van der Waals surface area contributed by atoms with Crippen LogP contribution >= 0.6 is 23.2 Å². The highest BCUT2D eigenvalue weighted by atomic mass is 35.5. The Morgan fingerprint density at radius 1 is 1.14 bits per heavy atom. The van der Waals surface area contributed by atoms with Crippen LogP contribution in [0.3, 0.4) is 0 Å². The lowest BCUT2D eigenvalue weighted by molar-refractivity contribution is 0.0977. The maximum Gasteiger partial charge on any atom is 0.267 e. The first-order chi connectivity index (χ1) is 16.5. The van der Waals surface area contributed by atoms with E-state index in [0.717, 1.165) is 18.5 Å². The monoisotopic (exact) mass is 538 g/mol. The number of nitrogens with one attached hydrogen (secondary N) is 1. The summed E-state index contributed by atoms with van der Waals surface area (Å²) >= 11 is 12.4. The van der Waals surface area contributed by atoms with Crippen LogP contribution in [-0.4, -0.2) is 47.3 Å². The molecule has 0 spiro atoms. The van der Waals surface area contributed by atoms with Crippen molar-refractivity contribution >= 4 is 50.0 Å². The number of carbonyl (C=O) groups is 1. The fourth-order valence-electron chi connectivity index (χ4n) is 4.76. The fraction of sp³-hybridized carbons (Fsp3) is 0.417. The van der Waals surface area contributed by atoms with Crippen LogP contribution in [0, 0.1) is 12.7 Å². The number of benzene rings is 2. The van der Waals surface area contributed by atoms with Crippen LogP contribution in [0.2, 0.25) is 10.0 Å². The lowest BCUT2D eigenvalue weighted by atomic mass is 10.1. The first kappa shape index (κ1) is 24.5. The number of aryl methyl sites for hydroxylation is 1. The summed E-state index contributed by atoms with van der Waals surface area (Å²) < 4.78 is 43.1. The number of amides is 1. The molecule has 5 rings (SSSR count). The van der Waals surface area contributed by atoms with Gasteiger partial charge in [0.1, 0.15) is 5.82 Å².